The van der Waals surface area contributed by atoms with E-state index in [-0.39, 0.29) is 68.3 Å². The molecule has 1 saturated heterocycles. The molecule has 6 atom stereocenters. The number of hydrogen-bond donors (Lipinski definition) is 4. The maximum atomic E-state index is 15.1. The van der Waals surface area contributed by atoms with Crippen LogP contribution >= 0.6 is 10.5 Å². The molecule has 1 heterocycles. The number of fused-ring (bicyclic) bond motifs is 1. The predicted octanol–water partition coefficient (Wildman–Crippen LogP) is 6.64. The van der Waals surface area contributed by atoms with Crippen LogP contribution in [-0.4, -0.2) is 87.1 Å². The molecular formula is C43H71N5O5S. The molecule has 5 fully saturated rings. The fraction of sp³-hybridized carbons (Fsp3) is 0.814. The van der Waals surface area contributed by atoms with Crippen molar-refractivity contribution in [2.24, 2.45) is 28.6 Å². The summed E-state index contributed by atoms with van der Waals surface area (Å²) in [5, 5.41) is 14.7. The molecule has 0 radical (unpaired) electrons. The first-order chi connectivity index (χ1) is 25.5. The minimum absolute atomic E-state index is 0.00287. The van der Waals surface area contributed by atoms with Gasteiger partial charge < -0.3 is 26.2 Å². The van der Waals surface area contributed by atoms with Crippen molar-refractivity contribution in [2.45, 2.75) is 173 Å². The molecule has 0 spiro atoms. The molecule has 5 rings (SSSR count). The first-order valence-electron chi connectivity index (χ1n) is 21.1. The minimum Gasteiger partial charge on any atom is -0.346 e. The summed E-state index contributed by atoms with van der Waals surface area (Å²) in [7, 11) is -0.00287. The number of nitrogens with one attached hydrogen (secondary N) is 4. The van der Waals surface area contributed by atoms with E-state index in [0.717, 1.165) is 95.6 Å². The van der Waals surface area contributed by atoms with Crippen LogP contribution in [-0.2, 0) is 19.2 Å². The van der Waals surface area contributed by atoms with Gasteiger partial charge in [-0.3, -0.25) is 19.2 Å². The van der Waals surface area contributed by atoms with Crippen molar-refractivity contribution in [1.29, 1.82) is 0 Å². The monoisotopic (exact) mass is 770 g/mol. The molecule has 4 saturated carbocycles. The Bertz CT molecular complexity index is 1460. The lowest BCUT2D eigenvalue weighted by molar-refractivity contribution is -0.146. The molecule has 0 aromatic heterocycles. The number of carbonyl (C=O) groups excluding carboxylic acids is 5. The van der Waals surface area contributed by atoms with E-state index in [2.05, 4.69) is 81.7 Å². The van der Waals surface area contributed by atoms with Crippen LogP contribution in [0.25, 0.3) is 0 Å². The number of hydrogen-bond acceptors (Lipinski definition) is 5. The zero-order valence-electron chi connectivity index (χ0n) is 34.5. The third-order valence-corrected chi connectivity index (χ3v) is 17.6. The van der Waals surface area contributed by atoms with Crippen LogP contribution in [0.5, 0.6) is 0 Å². The summed E-state index contributed by atoms with van der Waals surface area (Å²) in [6.07, 6.45) is 15.8. The van der Waals surface area contributed by atoms with Gasteiger partial charge in [0.1, 0.15) is 12.1 Å². The number of piperidine rings is 1. The van der Waals surface area contributed by atoms with E-state index in [0.29, 0.717) is 13.0 Å². The van der Waals surface area contributed by atoms with Crippen molar-refractivity contribution in [1.82, 2.24) is 26.2 Å². The predicted molar refractivity (Wildman–Crippen MR) is 219 cm³/mol. The van der Waals surface area contributed by atoms with Gasteiger partial charge in [-0.2, -0.15) is 10.5 Å². The van der Waals surface area contributed by atoms with Gasteiger partial charge in [-0.15, -0.1) is 6.58 Å². The van der Waals surface area contributed by atoms with Gasteiger partial charge in [0.25, 0.3) is 5.91 Å². The van der Waals surface area contributed by atoms with E-state index in [4.69, 9.17) is 0 Å². The Morgan fingerprint density at radius 2 is 1.56 bits per heavy atom. The summed E-state index contributed by atoms with van der Waals surface area (Å²) in [5.41, 5.74) is -0.948. The SMILES string of the molecule is C=CCNC(=O)C(=O)C(CC1CCC1)NC(=O)[C@@H]1C2[C@@H](CN1C(=O)[C@@H](NC(=O)NC1(C/S(=C/C)C(C)(C)CC)CCCCC1)C1(C)CCCCC1)C2(C)C. The highest BCUT2D eigenvalue weighted by Crippen LogP contribution is 2.65. The van der Waals surface area contributed by atoms with Crippen LogP contribution in [0.1, 0.15) is 145 Å². The zero-order chi connectivity index (χ0) is 39.5. The maximum Gasteiger partial charge on any atom is 0.315 e. The molecule has 0 bridgehead atoms. The third-order valence-electron chi connectivity index (χ3n) is 14.5. The fourth-order valence-electron chi connectivity index (χ4n) is 10.1. The van der Waals surface area contributed by atoms with E-state index in [1.54, 1.807) is 4.90 Å². The van der Waals surface area contributed by atoms with Crippen molar-refractivity contribution in [3.63, 3.8) is 0 Å². The number of likely N-dealkylation sites (tertiary alicyclic amines) is 1. The number of ketones is 1. The van der Waals surface area contributed by atoms with E-state index in [1.807, 2.05) is 0 Å². The number of amides is 5. The number of Topliss-reactive ketones (excluding diaryl/α,β-unsaturated/α-hetero) is 1. The maximum absolute atomic E-state index is 15.1. The fourth-order valence-corrected chi connectivity index (χ4v) is 12.7. The standard InChI is InChI=1S/C43H71N5O5S/c1-9-25-44-37(51)34(49)31(26-29-19-18-20-29)45-36(50)33-32-30(41(32,6)7)27-48(33)38(52)35(42(8)21-14-12-15-22-42)46-39(53)47-43(23-16-13-17-24-43)28-54(11-3)40(4,5)10-2/h9,11,29-33,35H,1,10,12-28H2,2-8H3,(H,44,51)(H,45,50)(H2,46,47,53)/t30-,31?,32?,33+,35-,54?/m1/s1. The molecule has 3 unspecified atom stereocenters. The Hall–Kier alpha value is -2.69. The van der Waals surface area contributed by atoms with Crippen molar-refractivity contribution < 1.29 is 24.0 Å². The molecule has 4 N–H and O–H groups in total. The first kappa shape index (κ1) is 42.5. The third kappa shape index (κ3) is 9.12. The molecule has 5 aliphatic rings. The van der Waals surface area contributed by atoms with Crippen molar-refractivity contribution in [3.8, 4) is 0 Å². The van der Waals surface area contributed by atoms with Crippen LogP contribution in [0.3, 0.4) is 0 Å². The van der Waals surface area contributed by atoms with Gasteiger partial charge in [0.15, 0.2) is 0 Å². The van der Waals surface area contributed by atoms with E-state index < -0.39 is 35.2 Å². The minimum atomic E-state index is -0.963. The number of rotatable bonds is 16. The summed E-state index contributed by atoms with van der Waals surface area (Å²) in [6.45, 7) is 19.7. The second kappa shape index (κ2) is 17.2. The van der Waals surface area contributed by atoms with Gasteiger partial charge in [0.05, 0.1) is 11.6 Å². The summed E-state index contributed by atoms with van der Waals surface area (Å²) in [6, 6.07) is -2.84. The number of carbonyl (C=O) groups is 5. The summed E-state index contributed by atoms with van der Waals surface area (Å²) in [4.78, 5) is 71.9. The highest BCUT2D eigenvalue weighted by atomic mass is 32.2. The number of urea groups is 1. The average Bonchev–Trinajstić information content (AvgIpc) is 3.42. The molecule has 1 aliphatic heterocycles. The largest absolute Gasteiger partial charge is 0.346 e. The van der Waals surface area contributed by atoms with Crippen LogP contribution in [0.2, 0.25) is 0 Å². The lowest BCUT2D eigenvalue weighted by Crippen LogP contribution is -2.64. The Morgan fingerprint density at radius 1 is 0.926 bits per heavy atom. The van der Waals surface area contributed by atoms with E-state index in [1.165, 1.54) is 6.08 Å². The Morgan fingerprint density at radius 3 is 2.11 bits per heavy atom. The molecule has 11 heteroatoms. The molecule has 54 heavy (non-hydrogen) atoms. The van der Waals surface area contributed by atoms with E-state index in [9.17, 15) is 19.2 Å². The quantitative estimate of drug-likeness (QED) is 0.0794. The molecule has 0 aromatic carbocycles. The second-order valence-electron chi connectivity index (χ2n) is 18.9. The molecule has 10 nitrogen and oxygen atoms in total. The zero-order valence-corrected chi connectivity index (χ0v) is 35.3. The van der Waals surface area contributed by atoms with Crippen LogP contribution in [0, 0.1) is 28.6 Å². The van der Waals surface area contributed by atoms with Crippen LogP contribution in [0.15, 0.2) is 12.7 Å². The van der Waals surface area contributed by atoms with Gasteiger partial charge in [-0.25, -0.2) is 4.79 Å². The molecule has 5 amide bonds. The molecule has 4 aliphatic carbocycles. The second-order valence-corrected chi connectivity index (χ2v) is 21.6. The summed E-state index contributed by atoms with van der Waals surface area (Å²) in [5.74, 6) is -0.757. The van der Waals surface area contributed by atoms with Gasteiger partial charge in [0.2, 0.25) is 17.6 Å². The van der Waals surface area contributed by atoms with Crippen molar-refractivity contribution in [3.05, 3.63) is 12.7 Å². The van der Waals surface area contributed by atoms with Crippen LogP contribution < -0.4 is 21.3 Å². The molecular weight excluding hydrogens is 699 g/mol. The first-order valence-corrected chi connectivity index (χ1v) is 22.6. The summed E-state index contributed by atoms with van der Waals surface area (Å²) < 4.78 is 0.127. The van der Waals surface area contributed by atoms with Gasteiger partial charge in [-0.1, -0.05) is 111 Å². The smallest absolute Gasteiger partial charge is 0.315 e. The lowest BCUT2D eigenvalue weighted by Gasteiger charge is -2.45. The lowest BCUT2D eigenvalue weighted by atomic mass is 9.70. The topological polar surface area (TPSA) is 137 Å². The summed E-state index contributed by atoms with van der Waals surface area (Å²) >= 11 is 0. The van der Waals surface area contributed by atoms with Gasteiger partial charge in [0, 0.05) is 23.6 Å². The molecule has 304 valence electrons. The number of nitrogens with zero attached hydrogens (tertiary/aromatic N) is 1. The Labute approximate surface area is 327 Å². The van der Waals surface area contributed by atoms with Crippen molar-refractivity contribution in [2.75, 3.05) is 18.8 Å². The average molecular weight is 770 g/mol. The Balaban J connectivity index is 1.40. The molecule has 0 aromatic rings. The van der Waals surface area contributed by atoms with Crippen LogP contribution in [0.4, 0.5) is 4.79 Å². The van der Waals surface area contributed by atoms with Gasteiger partial charge in [-0.05, 0) is 74.0 Å². The Kier molecular flexibility index (Phi) is 13.5. The van der Waals surface area contributed by atoms with E-state index >= 15 is 4.79 Å². The van der Waals surface area contributed by atoms with Crippen molar-refractivity contribution >= 4 is 45.4 Å². The highest BCUT2D eigenvalue weighted by Gasteiger charge is 2.70. The normalized spacial score (nSPS) is 27.3. The van der Waals surface area contributed by atoms with Gasteiger partial charge >= 0.3 is 6.03 Å². The highest BCUT2D eigenvalue weighted by molar-refractivity contribution is 8.16.